The van der Waals surface area contributed by atoms with E-state index in [0.29, 0.717) is 25.0 Å². The summed E-state index contributed by atoms with van der Waals surface area (Å²) in [4.78, 5) is 2.54. The van der Waals surface area contributed by atoms with Crippen LogP contribution in [0.3, 0.4) is 0 Å². The molecule has 0 bridgehead atoms. The second-order valence-electron chi connectivity index (χ2n) is 9.70. The van der Waals surface area contributed by atoms with E-state index in [-0.39, 0.29) is 5.56 Å². The van der Waals surface area contributed by atoms with Gasteiger partial charge in [-0.25, -0.2) is 8.78 Å². The normalized spacial score (nSPS) is 11.8. The molecule has 0 aliphatic carbocycles. The molecule has 0 aliphatic rings. The Labute approximate surface area is 248 Å². The average Bonchev–Trinajstić information content (AvgIpc) is 2.94. The van der Waals surface area contributed by atoms with Gasteiger partial charge in [-0.15, -0.1) is 0 Å². The third-order valence-corrected chi connectivity index (χ3v) is 6.24. The van der Waals surface area contributed by atoms with Crippen LogP contribution in [0.25, 0.3) is 11.1 Å². The number of hydrogen-bond donors (Lipinski definition) is 0. The van der Waals surface area contributed by atoms with Crippen molar-refractivity contribution in [3.05, 3.63) is 70.3 Å². The molecule has 6 heteroatoms. The van der Waals surface area contributed by atoms with Crippen molar-refractivity contribution in [2.45, 2.75) is 120 Å². The van der Waals surface area contributed by atoms with Gasteiger partial charge >= 0.3 is 6.18 Å². The molecule has 41 heavy (non-hydrogen) atoms. The first-order valence-electron chi connectivity index (χ1n) is 15.4. The van der Waals surface area contributed by atoms with E-state index in [0.717, 1.165) is 29.2 Å². The van der Waals surface area contributed by atoms with E-state index in [2.05, 4.69) is 25.7 Å². The molecule has 0 radical (unpaired) electrons. The Bertz CT molecular complexity index is 940. The smallest absolute Gasteiger partial charge is 0.303 e. The number of hydrogen-bond acceptors (Lipinski definition) is 1. The van der Waals surface area contributed by atoms with Crippen LogP contribution in [-0.4, -0.2) is 24.5 Å². The number of alkyl halides is 5. The summed E-state index contributed by atoms with van der Waals surface area (Å²) in [5.74, 6) is -3.36. The van der Waals surface area contributed by atoms with Gasteiger partial charge in [-0.05, 0) is 105 Å². The number of halogens is 5. The number of rotatable bonds is 11. The minimum atomic E-state index is -4.69. The summed E-state index contributed by atoms with van der Waals surface area (Å²) in [6, 6.07) is 10.2. The molecular formula is C35H56F5N. The molecule has 0 spiro atoms. The highest BCUT2D eigenvalue weighted by atomic mass is 19.4. The lowest BCUT2D eigenvalue weighted by Crippen LogP contribution is -2.25. The van der Waals surface area contributed by atoms with Gasteiger partial charge in [-0.2, -0.15) is 13.2 Å². The van der Waals surface area contributed by atoms with Crippen molar-refractivity contribution in [3.63, 3.8) is 0 Å². The zero-order chi connectivity index (χ0) is 32.2. The van der Waals surface area contributed by atoms with E-state index in [9.17, 15) is 22.0 Å². The maximum Gasteiger partial charge on any atom is 0.416 e. The van der Waals surface area contributed by atoms with Gasteiger partial charge in [0.25, 0.3) is 5.92 Å². The van der Waals surface area contributed by atoms with Crippen LogP contribution in [0.5, 0.6) is 0 Å². The zero-order valence-electron chi connectivity index (χ0n) is 27.5. The van der Waals surface area contributed by atoms with Crippen molar-refractivity contribution in [2.75, 3.05) is 19.6 Å². The highest BCUT2D eigenvalue weighted by molar-refractivity contribution is 5.91. The van der Waals surface area contributed by atoms with Gasteiger partial charge in [0.1, 0.15) is 0 Å². The minimum Gasteiger partial charge on any atom is -0.303 e. The fourth-order valence-corrected chi connectivity index (χ4v) is 4.41. The van der Waals surface area contributed by atoms with Crippen LogP contribution in [0.15, 0.2) is 42.5 Å². The van der Waals surface area contributed by atoms with Gasteiger partial charge in [0, 0.05) is 12.5 Å². The van der Waals surface area contributed by atoms with Crippen molar-refractivity contribution in [1.82, 2.24) is 4.90 Å². The Hall–Kier alpha value is -2.21. The lowest BCUT2D eigenvalue weighted by Gasteiger charge is -2.19. The van der Waals surface area contributed by atoms with Crippen LogP contribution in [0.2, 0.25) is 0 Å². The first-order chi connectivity index (χ1) is 19.3. The van der Waals surface area contributed by atoms with E-state index < -0.39 is 23.2 Å². The van der Waals surface area contributed by atoms with E-state index in [1.165, 1.54) is 45.0 Å². The van der Waals surface area contributed by atoms with Gasteiger partial charge < -0.3 is 4.90 Å². The molecule has 2 aromatic carbocycles. The Balaban J connectivity index is 0. The molecule has 0 unspecified atom stereocenters. The van der Waals surface area contributed by atoms with E-state index in [4.69, 9.17) is 0 Å². The fraction of sp³-hybridized carbons (Fsp3) is 0.600. The standard InChI is InChI=1S/C22H23F5.C9H21N.2C2H6/c1-5-8-20(19-10-7-6-9-14(19)2)15(3)16-11-17(21(4,23)24)13-18(12-16)22(25,26)27;1-4-7-10(8-5-2)9-6-3;2*1-2/h6-7,9-13H,5,8H2,1-4H3;4-9H2,1-3H3;2*1-2H3/b20-15+;;;. The van der Waals surface area contributed by atoms with Gasteiger partial charge in [0.2, 0.25) is 0 Å². The molecule has 0 saturated carbocycles. The molecule has 0 heterocycles. The van der Waals surface area contributed by atoms with Crippen LogP contribution in [0.1, 0.15) is 129 Å². The number of allylic oxidation sites excluding steroid dienone is 2. The molecule has 0 amide bonds. The maximum absolute atomic E-state index is 13.8. The monoisotopic (exact) mass is 585 g/mol. The number of aryl methyl sites for hydroxylation is 1. The largest absolute Gasteiger partial charge is 0.416 e. The predicted molar refractivity (Wildman–Crippen MR) is 170 cm³/mol. The van der Waals surface area contributed by atoms with Crippen LogP contribution in [-0.2, 0) is 12.1 Å². The molecule has 0 aromatic heterocycles. The molecule has 0 saturated heterocycles. The summed E-state index contributed by atoms with van der Waals surface area (Å²) in [6.45, 7) is 24.8. The van der Waals surface area contributed by atoms with Crippen LogP contribution in [0, 0.1) is 6.92 Å². The summed E-state index contributed by atoms with van der Waals surface area (Å²) in [5, 5.41) is 0. The van der Waals surface area contributed by atoms with Gasteiger partial charge in [0.05, 0.1) is 5.56 Å². The molecule has 0 fully saturated rings. The lowest BCUT2D eigenvalue weighted by atomic mass is 9.88. The van der Waals surface area contributed by atoms with Gasteiger partial charge in [-0.3, -0.25) is 0 Å². The van der Waals surface area contributed by atoms with E-state index in [1.54, 1.807) is 6.92 Å². The molecule has 1 nitrogen and oxygen atoms in total. The topological polar surface area (TPSA) is 3.24 Å². The maximum atomic E-state index is 13.8. The molecule has 2 rings (SSSR count). The van der Waals surface area contributed by atoms with Crippen molar-refractivity contribution in [2.24, 2.45) is 0 Å². The Kier molecular flexibility index (Phi) is 21.4. The highest BCUT2D eigenvalue weighted by Gasteiger charge is 2.34. The zero-order valence-corrected chi connectivity index (χ0v) is 27.5. The fourth-order valence-electron chi connectivity index (χ4n) is 4.41. The summed E-state index contributed by atoms with van der Waals surface area (Å²) in [5.41, 5.74) is 1.87. The van der Waals surface area contributed by atoms with E-state index >= 15 is 0 Å². The van der Waals surface area contributed by atoms with Crippen molar-refractivity contribution in [3.8, 4) is 0 Å². The first-order valence-corrected chi connectivity index (χ1v) is 15.4. The molecule has 2 aromatic rings. The number of nitrogens with zero attached hydrogens (tertiary/aromatic N) is 1. The lowest BCUT2D eigenvalue weighted by molar-refractivity contribution is -0.137. The SMILES string of the molecule is CC.CC.CCC/C(=C(/C)c1cc(C(C)(F)F)cc(C(F)(F)F)c1)c1ccccc1C.CCCN(CCC)CCC. The second-order valence-corrected chi connectivity index (χ2v) is 9.70. The Morgan fingerprint density at radius 3 is 1.56 bits per heavy atom. The van der Waals surface area contributed by atoms with Crippen LogP contribution >= 0.6 is 0 Å². The number of benzene rings is 2. The molecule has 236 valence electrons. The Morgan fingerprint density at radius 2 is 1.17 bits per heavy atom. The summed E-state index contributed by atoms with van der Waals surface area (Å²) in [7, 11) is 0. The summed E-state index contributed by atoms with van der Waals surface area (Å²) < 4.78 is 67.5. The van der Waals surface area contributed by atoms with Crippen molar-refractivity contribution >= 4 is 11.1 Å². The van der Waals surface area contributed by atoms with Gasteiger partial charge in [-0.1, -0.05) is 86.1 Å². The van der Waals surface area contributed by atoms with Crippen LogP contribution in [0.4, 0.5) is 22.0 Å². The van der Waals surface area contributed by atoms with Gasteiger partial charge in [0.15, 0.2) is 0 Å². The molecule has 0 N–H and O–H groups in total. The third-order valence-electron chi connectivity index (χ3n) is 6.24. The van der Waals surface area contributed by atoms with Crippen molar-refractivity contribution in [1.29, 1.82) is 0 Å². The first kappa shape index (κ1) is 40.9. The van der Waals surface area contributed by atoms with Crippen molar-refractivity contribution < 1.29 is 22.0 Å². The third kappa shape index (κ3) is 15.0. The quantitative estimate of drug-likeness (QED) is 0.187. The minimum absolute atomic E-state index is 0.174. The van der Waals surface area contributed by atoms with E-state index in [1.807, 2.05) is 65.8 Å². The molecular weight excluding hydrogens is 529 g/mol. The molecule has 0 atom stereocenters. The summed E-state index contributed by atoms with van der Waals surface area (Å²) in [6.07, 6.45) is 0.616. The highest BCUT2D eigenvalue weighted by Crippen LogP contribution is 2.39. The van der Waals surface area contributed by atoms with Crippen LogP contribution < -0.4 is 0 Å². The second kappa shape index (κ2) is 21.5. The summed E-state index contributed by atoms with van der Waals surface area (Å²) >= 11 is 0. The predicted octanol–water partition coefficient (Wildman–Crippen LogP) is 12.4. The Morgan fingerprint density at radius 1 is 0.707 bits per heavy atom. The average molecular weight is 586 g/mol. The molecule has 0 aliphatic heterocycles.